The van der Waals surface area contributed by atoms with E-state index in [9.17, 15) is 4.79 Å². The van der Waals surface area contributed by atoms with Crippen molar-refractivity contribution in [2.24, 2.45) is 0 Å². The maximum Gasteiger partial charge on any atom is 0.256 e. The summed E-state index contributed by atoms with van der Waals surface area (Å²) in [6.07, 6.45) is 10.0. The zero-order valence-electron chi connectivity index (χ0n) is 13.5. The number of nitrogens with one attached hydrogen (secondary N) is 1. The van der Waals surface area contributed by atoms with Crippen LogP contribution >= 0.6 is 0 Å². The molecule has 0 bridgehead atoms. The van der Waals surface area contributed by atoms with Crippen LogP contribution in [0, 0.1) is 0 Å². The Morgan fingerprint density at radius 3 is 2.71 bits per heavy atom. The predicted molar refractivity (Wildman–Crippen MR) is 87.0 cm³/mol. The molecule has 0 unspecified atom stereocenters. The second-order valence-corrected chi connectivity index (χ2v) is 5.67. The summed E-state index contributed by atoms with van der Waals surface area (Å²) in [5, 5.41) is 3.05. The fourth-order valence-corrected chi connectivity index (χ4v) is 2.83. The SMILES string of the molecule is COc1ncccc1C(=O)NC1CCC(Oc2cnccn2)CC1. The third-order valence-electron chi connectivity index (χ3n) is 4.05. The van der Waals surface area contributed by atoms with E-state index in [1.54, 1.807) is 36.9 Å². The van der Waals surface area contributed by atoms with E-state index >= 15 is 0 Å². The first-order chi connectivity index (χ1) is 11.8. The van der Waals surface area contributed by atoms with E-state index in [0.717, 1.165) is 25.7 Å². The quantitative estimate of drug-likeness (QED) is 0.903. The van der Waals surface area contributed by atoms with E-state index < -0.39 is 0 Å². The Morgan fingerprint density at radius 2 is 2.00 bits per heavy atom. The molecule has 0 aliphatic heterocycles. The molecule has 1 saturated carbocycles. The fourth-order valence-electron chi connectivity index (χ4n) is 2.83. The number of nitrogens with zero attached hydrogens (tertiary/aromatic N) is 3. The number of aromatic nitrogens is 3. The first-order valence-corrected chi connectivity index (χ1v) is 7.99. The Hall–Kier alpha value is -2.70. The molecule has 3 rings (SSSR count). The lowest BCUT2D eigenvalue weighted by molar-refractivity contribution is 0.0886. The van der Waals surface area contributed by atoms with Crippen molar-refractivity contribution in [3.8, 4) is 11.8 Å². The van der Waals surface area contributed by atoms with Crippen molar-refractivity contribution in [3.05, 3.63) is 42.5 Å². The Labute approximate surface area is 140 Å². The molecule has 126 valence electrons. The van der Waals surface area contributed by atoms with Gasteiger partial charge in [-0.05, 0) is 37.8 Å². The lowest BCUT2D eigenvalue weighted by atomic mass is 9.92. The number of pyridine rings is 1. The molecule has 24 heavy (non-hydrogen) atoms. The maximum absolute atomic E-state index is 12.4. The highest BCUT2D eigenvalue weighted by atomic mass is 16.5. The second kappa shape index (κ2) is 7.72. The minimum absolute atomic E-state index is 0.114. The molecular weight excluding hydrogens is 308 g/mol. The van der Waals surface area contributed by atoms with Crippen molar-refractivity contribution in [3.63, 3.8) is 0 Å². The molecule has 7 heteroatoms. The van der Waals surface area contributed by atoms with Crippen LogP contribution in [0.1, 0.15) is 36.0 Å². The van der Waals surface area contributed by atoms with Crippen LogP contribution in [-0.2, 0) is 0 Å². The van der Waals surface area contributed by atoms with Gasteiger partial charge in [-0.1, -0.05) is 0 Å². The van der Waals surface area contributed by atoms with Crippen molar-refractivity contribution in [2.45, 2.75) is 37.8 Å². The number of carbonyl (C=O) groups is 1. The molecule has 1 fully saturated rings. The van der Waals surface area contributed by atoms with Gasteiger partial charge in [-0.25, -0.2) is 9.97 Å². The van der Waals surface area contributed by atoms with Crippen molar-refractivity contribution in [2.75, 3.05) is 7.11 Å². The van der Waals surface area contributed by atoms with Gasteiger partial charge in [0, 0.05) is 24.6 Å². The summed E-state index contributed by atoms with van der Waals surface area (Å²) < 4.78 is 10.9. The van der Waals surface area contributed by atoms with Gasteiger partial charge in [0.15, 0.2) is 0 Å². The standard InChI is InChI=1S/C17H20N4O3/c1-23-17-14(3-2-8-20-17)16(22)21-12-4-6-13(7-5-12)24-15-11-18-9-10-19-15/h2-3,8-13H,4-7H2,1H3,(H,21,22). The van der Waals surface area contributed by atoms with Crippen LogP contribution in [0.25, 0.3) is 0 Å². The van der Waals surface area contributed by atoms with E-state index in [2.05, 4.69) is 20.3 Å². The van der Waals surface area contributed by atoms with Crippen molar-refractivity contribution >= 4 is 5.91 Å². The van der Waals surface area contributed by atoms with Gasteiger partial charge in [0.05, 0.1) is 13.3 Å². The number of hydrogen-bond donors (Lipinski definition) is 1. The van der Waals surface area contributed by atoms with Crippen LogP contribution in [-0.4, -0.2) is 40.1 Å². The third-order valence-corrected chi connectivity index (χ3v) is 4.05. The number of hydrogen-bond acceptors (Lipinski definition) is 6. The minimum Gasteiger partial charge on any atom is -0.480 e. The Kier molecular flexibility index (Phi) is 5.20. The monoisotopic (exact) mass is 328 g/mol. The number of ether oxygens (including phenoxy) is 2. The minimum atomic E-state index is -0.154. The highest BCUT2D eigenvalue weighted by Crippen LogP contribution is 2.23. The summed E-state index contributed by atoms with van der Waals surface area (Å²) in [7, 11) is 1.51. The van der Waals surface area contributed by atoms with E-state index in [1.165, 1.54) is 7.11 Å². The molecule has 1 aliphatic carbocycles. The lowest BCUT2D eigenvalue weighted by Crippen LogP contribution is -2.39. The van der Waals surface area contributed by atoms with Crippen molar-refractivity contribution in [1.82, 2.24) is 20.3 Å². The molecule has 1 aliphatic rings. The van der Waals surface area contributed by atoms with Gasteiger partial charge in [0.2, 0.25) is 11.8 Å². The second-order valence-electron chi connectivity index (χ2n) is 5.67. The predicted octanol–water partition coefficient (Wildman–Crippen LogP) is 2.00. The molecule has 0 saturated heterocycles. The lowest BCUT2D eigenvalue weighted by Gasteiger charge is -2.29. The molecule has 1 amide bonds. The normalized spacial score (nSPS) is 20.2. The highest BCUT2D eigenvalue weighted by Gasteiger charge is 2.25. The first-order valence-electron chi connectivity index (χ1n) is 7.99. The summed E-state index contributed by atoms with van der Waals surface area (Å²) in [4.78, 5) is 24.6. The van der Waals surface area contributed by atoms with Gasteiger partial charge in [-0.2, -0.15) is 0 Å². The summed E-state index contributed by atoms with van der Waals surface area (Å²) in [6.45, 7) is 0. The molecule has 0 atom stereocenters. The van der Waals surface area contributed by atoms with Gasteiger partial charge in [-0.15, -0.1) is 0 Å². The summed E-state index contributed by atoms with van der Waals surface area (Å²) in [6, 6.07) is 3.57. The summed E-state index contributed by atoms with van der Waals surface area (Å²) in [5.41, 5.74) is 0.456. The van der Waals surface area contributed by atoms with Crippen LogP contribution in [0.15, 0.2) is 36.9 Å². The zero-order chi connectivity index (χ0) is 16.8. The van der Waals surface area contributed by atoms with Gasteiger partial charge < -0.3 is 14.8 Å². The maximum atomic E-state index is 12.4. The van der Waals surface area contributed by atoms with Crippen LogP contribution in [0.4, 0.5) is 0 Å². The van der Waals surface area contributed by atoms with Crippen LogP contribution < -0.4 is 14.8 Å². The number of carbonyl (C=O) groups excluding carboxylic acids is 1. The van der Waals surface area contributed by atoms with E-state index in [4.69, 9.17) is 9.47 Å². The van der Waals surface area contributed by atoms with Gasteiger partial charge in [-0.3, -0.25) is 9.78 Å². The van der Waals surface area contributed by atoms with Crippen molar-refractivity contribution < 1.29 is 14.3 Å². The molecule has 2 heterocycles. The van der Waals surface area contributed by atoms with Crippen LogP contribution in [0.5, 0.6) is 11.8 Å². The van der Waals surface area contributed by atoms with Gasteiger partial charge in [0.1, 0.15) is 11.7 Å². The zero-order valence-corrected chi connectivity index (χ0v) is 13.5. The number of methoxy groups -OCH3 is 1. The topological polar surface area (TPSA) is 86.2 Å². The van der Waals surface area contributed by atoms with Gasteiger partial charge >= 0.3 is 0 Å². The molecule has 0 radical (unpaired) electrons. The average Bonchev–Trinajstić information content (AvgIpc) is 2.64. The summed E-state index contributed by atoms with van der Waals surface area (Å²) >= 11 is 0. The number of rotatable bonds is 5. The first kappa shape index (κ1) is 16.2. The number of amides is 1. The molecule has 1 N–H and O–H groups in total. The van der Waals surface area contributed by atoms with E-state index in [1.807, 2.05) is 0 Å². The van der Waals surface area contributed by atoms with Crippen molar-refractivity contribution in [1.29, 1.82) is 0 Å². The smallest absolute Gasteiger partial charge is 0.256 e. The highest BCUT2D eigenvalue weighted by molar-refractivity contribution is 5.96. The van der Waals surface area contributed by atoms with Crippen LogP contribution in [0.2, 0.25) is 0 Å². The Morgan fingerprint density at radius 1 is 1.17 bits per heavy atom. The largest absolute Gasteiger partial charge is 0.480 e. The third kappa shape index (κ3) is 3.98. The van der Waals surface area contributed by atoms with E-state index in [-0.39, 0.29) is 18.1 Å². The Balaban J connectivity index is 1.51. The van der Waals surface area contributed by atoms with E-state index in [0.29, 0.717) is 17.3 Å². The molecule has 2 aromatic heterocycles. The average molecular weight is 328 g/mol. The summed E-state index contributed by atoms with van der Waals surface area (Å²) in [5.74, 6) is 0.734. The molecule has 2 aromatic rings. The molecule has 7 nitrogen and oxygen atoms in total. The fraction of sp³-hybridized carbons (Fsp3) is 0.412. The Bertz CT molecular complexity index is 673. The molecule has 0 spiro atoms. The van der Waals surface area contributed by atoms with Crippen LogP contribution in [0.3, 0.4) is 0 Å². The molecular formula is C17H20N4O3. The molecule has 0 aromatic carbocycles. The van der Waals surface area contributed by atoms with Gasteiger partial charge in [0.25, 0.3) is 5.91 Å².